The first-order chi connectivity index (χ1) is 24.0. The van der Waals surface area contributed by atoms with Crippen LogP contribution in [0.5, 0.6) is 0 Å². The lowest BCUT2D eigenvalue weighted by molar-refractivity contribution is -0.143. The van der Waals surface area contributed by atoms with Crippen LogP contribution in [0.15, 0.2) is 4.99 Å². The molecule has 0 aliphatic rings. The summed E-state index contributed by atoms with van der Waals surface area (Å²) in [4.78, 5) is 105. The van der Waals surface area contributed by atoms with Crippen molar-refractivity contribution in [2.45, 2.75) is 123 Å². The topological polar surface area (TPSA) is 354 Å². The number of aliphatic carboxylic acids is 2. The van der Waals surface area contributed by atoms with Gasteiger partial charge in [0.15, 0.2) is 5.96 Å². The van der Waals surface area contributed by atoms with Gasteiger partial charge in [0, 0.05) is 13.0 Å². The maximum Gasteiger partial charge on any atom is 0.326 e. The summed E-state index contributed by atoms with van der Waals surface area (Å²) >= 11 is 0. The number of guanidine groups is 1. The summed E-state index contributed by atoms with van der Waals surface area (Å²) in [6.45, 7) is 10.6. The first-order valence-electron chi connectivity index (χ1n) is 17.1. The molecule has 6 amide bonds. The molecule has 15 N–H and O–H groups in total. The van der Waals surface area contributed by atoms with E-state index in [1.165, 1.54) is 0 Å². The summed E-state index contributed by atoms with van der Waals surface area (Å²) in [5, 5.41) is 31.1. The molecule has 0 aromatic carbocycles. The summed E-state index contributed by atoms with van der Waals surface area (Å²) in [5.41, 5.74) is 21.6. The SMILES string of the molecule is CC(C)C[C@H](NC(=O)[C@@H](NC(=O)[C@H](CC(C)C)NC(=O)[C@H](CCCN=C(N)N)NC(=O)[C@H](CCC(N)=O)NC(=O)[C@@H](N)CC(=O)O)C(C)C)C(=O)O. The van der Waals surface area contributed by atoms with Crippen molar-refractivity contribution < 1.29 is 48.6 Å². The second kappa shape index (κ2) is 23.5. The molecule has 0 unspecified atom stereocenters. The lowest BCUT2D eigenvalue weighted by atomic mass is 9.98. The molecule has 296 valence electrons. The van der Waals surface area contributed by atoms with Crippen molar-refractivity contribution >= 4 is 53.3 Å². The lowest BCUT2D eigenvalue weighted by Gasteiger charge is -2.29. The van der Waals surface area contributed by atoms with Gasteiger partial charge in [0.25, 0.3) is 0 Å². The molecule has 0 bridgehead atoms. The fourth-order valence-electron chi connectivity index (χ4n) is 4.88. The number of primary amides is 1. The van der Waals surface area contributed by atoms with E-state index in [1.54, 1.807) is 41.5 Å². The molecule has 0 aliphatic carbocycles. The third kappa shape index (κ3) is 19.4. The van der Waals surface area contributed by atoms with E-state index < -0.39 is 96.0 Å². The van der Waals surface area contributed by atoms with E-state index in [0.29, 0.717) is 0 Å². The summed E-state index contributed by atoms with van der Waals surface area (Å²) in [7, 11) is 0. The second-order valence-corrected chi connectivity index (χ2v) is 13.7. The second-order valence-electron chi connectivity index (χ2n) is 13.7. The van der Waals surface area contributed by atoms with Crippen molar-refractivity contribution in [2.24, 2.45) is 45.7 Å². The minimum Gasteiger partial charge on any atom is -0.481 e. The number of aliphatic imine (C=N–C) groups is 1. The average Bonchev–Trinajstić information content (AvgIpc) is 3.00. The predicted octanol–water partition coefficient (Wildman–Crippen LogP) is -2.64. The molecule has 6 atom stereocenters. The largest absolute Gasteiger partial charge is 0.481 e. The number of carbonyl (C=O) groups excluding carboxylic acids is 6. The fraction of sp³-hybridized carbons (Fsp3) is 0.719. The maximum absolute atomic E-state index is 13.7. The number of carboxylic acids is 2. The third-order valence-corrected chi connectivity index (χ3v) is 7.53. The van der Waals surface area contributed by atoms with Gasteiger partial charge in [-0.2, -0.15) is 0 Å². The van der Waals surface area contributed by atoms with E-state index in [1.807, 2.05) is 0 Å². The number of rotatable bonds is 25. The van der Waals surface area contributed by atoms with Gasteiger partial charge in [-0.15, -0.1) is 0 Å². The first-order valence-corrected chi connectivity index (χ1v) is 17.1. The smallest absolute Gasteiger partial charge is 0.326 e. The zero-order valence-corrected chi connectivity index (χ0v) is 30.8. The molecule has 0 radical (unpaired) electrons. The van der Waals surface area contributed by atoms with E-state index in [9.17, 15) is 43.5 Å². The lowest BCUT2D eigenvalue weighted by Crippen LogP contribution is -2.60. The number of nitrogens with one attached hydrogen (secondary N) is 5. The fourth-order valence-corrected chi connectivity index (χ4v) is 4.88. The third-order valence-electron chi connectivity index (χ3n) is 7.53. The van der Waals surface area contributed by atoms with Gasteiger partial charge in [-0.3, -0.25) is 38.6 Å². The monoisotopic (exact) mass is 742 g/mol. The van der Waals surface area contributed by atoms with Gasteiger partial charge in [0.05, 0.1) is 12.5 Å². The Bertz CT molecular complexity index is 1290. The van der Waals surface area contributed by atoms with Crippen molar-refractivity contribution in [1.29, 1.82) is 0 Å². The van der Waals surface area contributed by atoms with E-state index in [0.717, 1.165) is 0 Å². The van der Waals surface area contributed by atoms with Gasteiger partial charge in [-0.25, -0.2) is 4.79 Å². The number of amides is 6. The van der Waals surface area contributed by atoms with Crippen LogP contribution in [0, 0.1) is 17.8 Å². The molecule has 52 heavy (non-hydrogen) atoms. The van der Waals surface area contributed by atoms with Crippen LogP contribution in [0.1, 0.15) is 86.5 Å². The highest BCUT2D eigenvalue weighted by molar-refractivity contribution is 5.97. The predicted molar refractivity (Wildman–Crippen MR) is 190 cm³/mol. The van der Waals surface area contributed by atoms with E-state index in [2.05, 4.69) is 31.6 Å². The van der Waals surface area contributed by atoms with Crippen molar-refractivity contribution in [3.05, 3.63) is 0 Å². The van der Waals surface area contributed by atoms with Gasteiger partial charge in [0.1, 0.15) is 30.2 Å². The van der Waals surface area contributed by atoms with Crippen molar-refractivity contribution in [3.63, 3.8) is 0 Å². The van der Waals surface area contributed by atoms with Crippen LogP contribution in [0.2, 0.25) is 0 Å². The molecule has 0 heterocycles. The Kier molecular flexibility index (Phi) is 21.2. The Morgan fingerprint density at radius 1 is 0.615 bits per heavy atom. The number of nitrogens with two attached hydrogens (primary N) is 4. The van der Waals surface area contributed by atoms with Crippen molar-refractivity contribution in [2.75, 3.05) is 6.54 Å². The summed E-state index contributed by atoms with van der Waals surface area (Å²) in [6, 6.07) is -7.91. The Hall–Kier alpha value is -5.01. The standard InChI is InChI=1S/C32H58N10O10/c1-15(2)12-21(29(49)42-25(17(5)6)30(50)41-22(31(51)52)13-16(3)4)40-27(47)19(8-7-11-37-32(35)36)39-28(48)20(9-10-23(34)43)38-26(46)18(33)14-24(44)45/h15-22,25H,7-14,33H2,1-6H3,(H2,34,43)(H,38,46)(H,39,48)(H,40,47)(H,41,50)(H,42,49)(H,44,45)(H,51,52)(H4,35,36,37)/t18-,19-,20-,21-,22-,25-/m0/s1. The highest BCUT2D eigenvalue weighted by atomic mass is 16.4. The molecule has 0 aromatic rings. The molecular weight excluding hydrogens is 684 g/mol. The number of hydrogen-bond donors (Lipinski definition) is 11. The zero-order chi connectivity index (χ0) is 40.3. The van der Waals surface area contributed by atoms with Gasteiger partial charge in [0.2, 0.25) is 35.4 Å². The summed E-state index contributed by atoms with van der Waals surface area (Å²) in [5.74, 6) is -8.51. The Morgan fingerprint density at radius 2 is 1.08 bits per heavy atom. The highest BCUT2D eigenvalue weighted by Gasteiger charge is 2.34. The zero-order valence-electron chi connectivity index (χ0n) is 30.8. The molecule has 0 saturated heterocycles. The van der Waals surface area contributed by atoms with Crippen LogP contribution in [0.3, 0.4) is 0 Å². The van der Waals surface area contributed by atoms with Gasteiger partial charge < -0.3 is 59.7 Å². The summed E-state index contributed by atoms with van der Waals surface area (Å²) in [6.07, 6.45) is -1.07. The number of nitrogens with zero attached hydrogens (tertiary/aromatic N) is 1. The first kappa shape index (κ1) is 47.0. The molecule has 20 heteroatoms. The molecule has 0 saturated carbocycles. The molecule has 0 fully saturated rings. The van der Waals surface area contributed by atoms with Crippen LogP contribution < -0.4 is 49.5 Å². The van der Waals surface area contributed by atoms with Crippen LogP contribution in [0.4, 0.5) is 0 Å². The molecule has 0 rings (SSSR count). The van der Waals surface area contributed by atoms with Gasteiger partial charge in [-0.05, 0) is 49.9 Å². The normalized spacial score (nSPS) is 14.6. The quantitative estimate of drug-likeness (QED) is 0.0259. The molecular formula is C32H58N10O10. The minimum atomic E-state index is -1.53. The molecule has 0 spiro atoms. The Balaban J connectivity index is 6.32. The molecule has 20 nitrogen and oxygen atoms in total. The van der Waals surface area contributed by atoms with Crippen LogP contribution in [-0.2, 0) is 38.4 Å². The highest BCUT2D eigenvalue weighted by Crippen LogP contribution is 2.12. The van der Waals surface area contributed by atoms with Crippen molar-refractivity contribution in [1.82, 2.24) is 26.6 Å². The van der Waals surface area contributed by atoms with Gasteiger partial charge >= 0.3 is 11.9 Å². The Morgan fingerprint density at radius 3 is 1.54 bits per heavy atom. The van der Waals surface area contributed by atoms with E-state index in [-0.39, 0.29) is 62.9 Å². The average molecular weight is 743 g/mol. The van der Waals surface area contributed by atoms with E-state index in [4.69, 9.17) is 28.0 Å². The number of carbonyl (C=O) groups is 8. The summed E-state index contributed by atoms with van der Waals surface area (Å²) < 4.78 is 0. The molecule has 0 aromatic heterocycles. The number of carboxylic acid groups (broad SMARTS) is 2. The number of hydrogen-bond acceptors (Lipinski definition) is 10. The van der Waals surface area contributed by atoms with Crippen LogP contribution in [-0.4, -0.2) is 106 Å². The van der Waals surface area contributed by atoms with Crippen LogP contribution >= 0.6 is 0 Å². The molecule has 0 aliphatic heterocycles. The Labute approximate surface area is 303 Å². The van der Waals surface area contributed by atoms with Crippen LogP contribution in [0.25, 0.3) is 0 Å². The van der Waals surface area contributed by atoms with E-state index >= 15 is 0 Å². The minimum absolute atomic E-state index is 0.0451. The maximum atomic E-state index is 13.7. The van der Waals surface area contributed by atoms with Gasteiger partial charge in [-0.1, -0.05) is 41.5 Å². The van der Waals surface area contributed by atoms with Crippen molar-refractivity contribution in [3.8, 4) is 0 Å².